The van der Waals surface area contributed by atoms with Gasteiger partial charge in [-0.15, -0.1) is 11.8 Å². The highest BCUT2D eigenvalue weighted by atomic mass is 32.2. The molecule has 14 heteroatoms. The molecule has 0 radical (unpaired) electrons. The van der Waals surface area contributed by atoms with Gasteiger partial charge in [-0.1, -0.05) is 0 Å². The Labute approximate surface area is 213 Å². The molecule has 5 amide bonds. The van der Waals surface area contributed by atoms with E-state index in [0.29, 0.717) is 11.4 Å². The van der Waals surface area contributed by atoms with Gasteiger partial charge in [0.05, 0.1) is 19.6 Å². The lowest BCUT2D eigenvalue weighted by Gasteiger charge is -2.45. The summed E-state index contributed by atoms with van der Waals surface area (Å²) in [5, 5.41) is 4.67. The molecule has 4 unspecified atom stereocenters. The summed E-state index contributed by atoms with van der Waals surface area (Å²) < 4.78 is 10.7. The second-order valence-corrected chi connectivity index (χ2v) is 11.1. The molecule has 200 valence electrons. The fourth-order valence-electron chi connectivity index (χ4n) is 4.19. The van der Waals surface area contributed by atoms with E-state index >= 15 is 0 Å². The van der Waals surface area contributed by atoms with E-state index in [1.54, 1.807) is 39.5 Å². The maximum Gasteiger partial charge on any atom is 0.424 e. The molecule has 0 bridgehead atoms. The number of carbonyl (C=O) groups is 6. The van der Waals surface area contributed by atoms with Crippen molar-refractivity contribution in [1.29, 1.82) is 0 Å². The number of hydrogen-bond acceptors (Lipinski definition) is 12. The molecule has 0 aliphatic carbocycles. The van der Waals surface area contributed by atoms with Gasteiger partial charge in [0.1, 0.15) is 18.2 Å². The van der Waals surface area contributed by atoms with Gasteiger partial charge >= 0.3 is 12.1 Å². The van der Waals surface area contributed by atoms with Gasteiger partial charge in [0.2, 0.25) is 11.8 Å². The number of amides is 5. The lowest BCUT2D eigenvalue weighted by molar-refractivity contribution is -0.162. The number of hydrogen-bond donors (Lipinski definition) is 2. The molecule has 3 aliphatic rings. The van der Waals surface area contributed by atoms with Crippen molar-refractivity contribution in [3.8, 4) is 0 Å². The first-order valence-corrected chi connectivity index (χ1v) is 12.8. The number of nitrogens with one attached hydrogen (secondary N) is 2. The molecule has 2 N–H and O–H groups in total. The highest BCUT2D eigenvalue weighted by Crippen LogP contribution is 2.23. The number of nitrogens with zero attached hydrogens (tertiary/aromatic N) is 3. The minimum atomic E-state index is -1.16. The predicted octanol–water partition coefficient (Wildman–Crippen LogP) is -1.10. The van der Waals surface area contributed by atoms with Gasteiger partial charge in [-0.05, 0) is 34.6 Å². The smallest absolute Gasteiger partial charge is 0.424 e. The molecule has 3 aliphatic heterocycles. The van der Waals surface area contributed by atoms with Gasteiger partial charge in [-0.25, -0.2) is 9.59 Å². The van der Waals surface area contributed by atoms with Crippen LogP contribution in [0.15, 0.2) is 0 Å². The molecule has 3 rings (SSSR count). The molecular formula is C22H33N5O8S. The van der Waals surface area contributed by atoms with Crippen molar-refractivity contribution in [1.82, 2.24) is 25.3 Å². The summed E-state index contributed by atoms with van der Waals surface area (Å²) in [7, 11) is 0. The van der Waals surface area contributed by atoms with Gasteiger partial charge in [-0.3, -0.25) is 39.6 Å². The van der Waals surface area contributed by atoms with Crippen molar-refractivity contribution in [3.05, 3.63) is 0 Å². The number of esters is 1. The van der Waals surface area contributed by atoms with E-state index in [4.69, 9.17) is 9.47 Å². The number of rotatable bonds is 6. The van der Waals surface area contributed by atoms with Crippen LogP contribution in [0.25, 0.3) is 0 Å². The Kier molecular flexibility index (Phi) is 8.75. The zero-order valence-electron chi connectivity index (χ0n) is 21.1. The first-order valence-electron chi connectivity index (χ1n) is 11.7. The third kappa shape index (κ3) is 6.60. The molecule has 0 aromatic rings. The van der Waals surface area contributed by atoms with Crippen molar-refractivity contribution in [2.24, 2.45) is 0 Å². The molecule has 3 fully saturated rings. The monoisotopic (exact) mass is 527 g/mol. The number of carbonyl (C=O) groups excluding carboxylic acids is 6. The van der Waals surface area contributed by atoms with Crippen molar-refractivity contribution in [2.45, 2.75) is 63.7 Å². The molecule has 0 aromatic heterocycles. The minimum Gasteiger partial charge on any atom is -0.462 e. The van der Waals surface area contributed by atoms with E-state index in [-0.39, 0.29) is 26.2 Å². The minimum absolute atomic E-state index is 0.0265. The molecule has 0 saturated carbocycles. The van der Waals surface area contributed by atoms with Crippen LogP contribution in [0.5, 0.6) is 0 Å². The number of piperazine rings is 2. The van der Waals surface area contributed by atoms with Gasteiger partial charge in [0, 0.05) is 24.4 Å². The maximum atomic E-state index is 13.4. The number of thioether (sulfide) groups is 1. The van der Waals surface area contributed by atoms with Crippen molar-refractivity contribution in [3.63, 3.8) is 0 Å². The van der Waals surface area contributed by atoms with E-state index < -0.39 is 64.8 Å². The quantitative estimate of drug-likeness (QED) is 0.318. The second-order valence-electron chi connectivity index (χ2n) is 9.93. The number of ether oxygens (including phenoxy) is 2. The number of imide groups is 4. The summed E-state index contributed by atoms with van der Waals surface area (Å²) in [6, 6.07) is -2.11. The van der Waals surface area contributed by atoms with Gasteiger partial charge in [0.15, 0.2) is 5.37 Å². The Hall–Kier alpha value is -2.55. The second kappa shape index (κ2) is 11.2. The molecule has 13 nitrogen and oxygen atoms in total. The normalized spacial score (nSPS) is 26.0. The van der Waals surface area contributed by atoms with Crippen LogP contribution in [0.4, 0.5) is 4.79 Å². The summed E-state index contributed by atoms with van der Waals surface area (Å²) >= 11 is 1.38. The van der Waals surface area contributed by atoms with Crippen LogP contribution in [0, 0.1) is 0 Å². The fourth-order valence-corrected chi connectivity index (χ4v) is 5.10. The zero-order valence-corrected chi connectivity index (χ0v) is 21.9. The van der Waals surface area contributed by atoms with Crippen molar-refractivity contribution in [2.75, 3.05) is 38.5 Å². The lowest BCUT2D eigenvalue weighted by Crippen LogP contribution is -2.68. The van der Waals surface area contributed by atoms with Crippen LogP contribution in [-0.4, -0.2) is 118 Å². The lowest BCUT2D eigenvalue weighted by atomic mass is 10.0. The molecule has 36 heavy (non-hydrogen) atoms. The van der Waals surface area contributed by atoms with Gasteiger partial charge in [-0.2, -0.15) is 4.90 Å². The Morgan fingerprint density at radius 2 is 1.69 bits per heavy atom. The molecule has 4 atom stereocenters. The summed E-state index contributed by atoms with van der Waals surface area (Å²) in [6.45, 7) is 8.23. The summed E-state index contributed by atoms with van der Waals surface area (Å²) in [5.74, 6) is -2.35. The van der Waals surface area contributed by atoms with Crippen LogP contribution in [0.2, 0.25) is 0 Å². The Bertz CT molecular complexity index is 916. The molecule has 3 heterocycles. The van der Waals surface area contributed by atoms with Crippen LogP contribution in [-0.2, 0) is 33.4 Å². The van der Waals surface area contributed by atoms with E-state index in [0.717, 1.165) is 5.75 Å². The zero-order chi connectivity index (χ0) is 26.8. The first-order chi connectivity index (χ1) is 16.8. The summed E-state index contributed by atoms with van der Waals surface area (Å²) in [5.41, 5.74) is -0.939. The van der Waals surface area contributed by atoms with Crippen molar-refractivity contribution >= 4 is 47.5 Å². The van der Waals surface area contributed by atoms with E-state index in [1.165, 1.54) is 16.7 Å². The third-order valence-electron chi connectivity index (χ3n) is 6.13. The average Bonchev–Trinajstić information content (AvgIpc) is 3.30. The summed E-state index contributed by atoms with van der Waals surface area (Å²) in [4.78, 5) is 78.9. The van der Waals surface area contributed by atoms with Crippen LogP contribution in [0.1, 0.15) is 34.6 Å². The SMILES string of the molecule is CC(C(C)N1CC(=O)N(C(=O)OC(C)(C)C)C(=O)C1COC(=O)C1NCCS1)N1CC(=O)NC(=O)C1. The third-order valence-corrected chi connectivity index (χ3v) is 7.26. The fraction of sp³-hybridized carbons (Fsp3) is 0.727. The van der Waals surface area contributed by atoms with Crippen LogP contribution >= 0.6 is 11.8 Å². The van der Waals surface area contributed by atoms with E-state index in [2.05, 4.69) is 10.6 Å². The van der Waals surface area contributed by atoms with E-state index in [1.807, 2.05) is 0 Å². The molecule has 0 aromatic carbocycles. The Balaban J connectivity index is 1.82. The standard InChI is InChI=1S/C22H33N5O8S/c1-12(25-8-15(28)24-16(29)9-25)13(2)26-10-17(30)27(21(33)35-22(3,4)5)19(31)14(26)11-34-20(32)18-23-6-7-36-18/h12-14,18,23H,6-11H2,1-5H3,(H,24,28,29). The predicted molar refractivity (Wildman–Crippen MR) is 127 cm³/mol. The van der Waals surface area contributed by atoms with Gasteiger partial charge in [0.25, 0.3) is 11.8 Å². The van der Waals surface area contributed by atoms with Crippen LogP contribution < -0.4 is 10.6 Å². The molecule has 0 spiro atoms. The summed E-state index contributed by atoms with van der Waals surface area (Å²) in [6.07, 6.45) is -1.10. The Morgan fingerprint density at radius 1 is 1.06 bits per heavy atom. The Morgan fingerprint density at radius 3 is 2.25 bits per heavy atom. The van der Waals surface area contributed by atoms with Gasteiger partial charge < -0.3 is 9.47 Å². The topological polar surface area (TPSA) is 155 Å². The highest BCUT2D eigenvalue weighted by molar-refractivity contribution is 8.00. The van der Waals surface area contributed by atoms with E-state index in [9.17, 15) is 28.8 Å². The average molecular weight is 528 g/mol. The first kappa shape index (κ1) is 28.0. The van der Waals surface area contributed by atoms with Crippen LogP contribution in [0.3, 0.4) is 0 Å². The maximum absolute atomic E-state index is 13.4. The van der Waals surface area contributed by atoms with Crippen molar-refractivity contribution < 1.29 is 38.2 Å². The highest BCUT2D eigenvalue weighted by Gasteiger charge is 2.48. The largest absolute Gasteiger partial charge is 0.462 e. The molecule has 3 saturated heterocycles. The molecular weight excluding hydrogens is 494 g/mol.